The summed E-state index contributed by atoms with van der Waals surface area (Å²) in [6.07, 6.45) is 0. The molecule has 0 aliphatic rings. The zero-order valence-electron chi connectivity index (χ0n) is 11.9. The standard InChI is InChI=1S/C15H21N3O/c1-10-7-5-6-8-11(10)9-18-14(19)12(16)13(17-18)15(2,3)4/h5-8,17H,9,16H2,1-4H3. The van der Waals surface area contributed by atoms with Crippen molar-refractivity contribution in [1.29, 1.82) is 0 Å². The van der Waals surface area contributed by atoms with Gasteiger partial charge in [0, 0.05) is 5.41 Å². The third-order valence-corrected chi connectivity index (χ3v) is 3.33. The summed E-state index contributed by atoms with van der Waals surface area (Å²) in [5.41, 5.74) is 9.01. The number of aromatic nitrogens is 2. The van der Waals surface area contributed by atoms with Crippen LogP contribution in [0.2, 0.25) is 0 Å². The molecule has 0 aliphatic heterocycles. The normalized spacial score (nSPS) is 11.8. The molecule has 0 saturated carbocycles. The highest BCUT2D eigenvalue weighted by Crippen LogP contribution is 2.23. The Bertz CT molecular complexity index is 644. The fourth-order valence-corrected chi connectivity index (χ4v) is 2.14. The zero-order chi connectivity index (χ0) is 14.2. The highest BCUT2D eigenvalue weighted by Gasteiger charge is 2.22. The van der Waals surface area contributed by atoms with Crippen LogP contribution in [-0.2, 0) is 12.0 Å². The maximum absolute atomic E-state index is 12.2. The summed E-state index contributed by atoms with van der Waals surface area (Å²) in [7, 11) is 0. The van der Waals surface area contributed by atoms with Crippen LogP contribution in [0, 0.1) is 6.92 Å². The summed E-state index contributed by atoms with van der Waals surface area (Å²) >= 11 is 0. The van der Waals surface area contributed by atoms with Gasteiger partial charge in [-0.2, -0.15) is 0 Å². The molecule has 0 saturated heterocycles. The zero-order valence-corrected chi connectivity index (χ0v) is 11.9. The molecule has 0 fully saturated rings. The number of hydrogen-bond acceptors (Lipinski definition) is 2. The SMILES string of the molecule is Cc1ccccc1Cn1[nH]c(C(C)(C)C)c(N)c1=O. The molecule has 4 heteroatoms. The number of nitrogens with zero attached hydrogens (tertiary/aromatic N) is 1. The molecule has 1 aromatic heterocycles. The predicted octanol–water partition coefficient (Wildman–Crippen LogP) is 2.41. The number of nitrogens with two attached hydrogens (primary N) is 1. The lowest BCUT2D eigenvalue weighted by molar-refractivity contribution is 0.543. The van der Waals surface area contributed by atoms with Gasteiger partial charge >= 0.3 is 0 Å². The Morgan fingerprint density at radius 2 is 1.89 bits per heavy atom. The van der Waals surface area contributed by atoms with Crippen molar-refractivity contribution in [1.82, 2.24) is 9.78 Å². The molecule has 0 spiro atoms. The topological polar surface area (TPSA) is 63.8 Å². The highest BCUT2D eigenvalue weighted by atomic mass is 16.1. The average Bonchev–Trinajstić information content (AvgIpc) is 2.60. The van der Waals surface area contributed by atoms with Crippen LogP contribution in [0.3, 0.4) is 0 Å². The smallest absolute Gasteiger partial charge is 0.290 e. The van der Waals surface area contributed by atoms with Crippen molar-refractivity contribution < 1.29 is 0 Å². The van der Waals surface area contributed by atoms with E-state index in [1.165, 1.54) is 5.56 Å². The van der Waals surface area contributed by atoms with Crippen LogP contribution in [0.25, 0.3) is 0 Å². The first kappa shape index (κ1) is 13.5. The Balaban J connectivity index is 2.43. The molecule has 3 N–H and O–H groups in total. The van der Waals surface area contributed by atoms with E-state index < -0.39 is 0 Å². The average molecular weight is 259 g/mol. The molecule has 0 atom stereocenters. The number of aromatic amines is 1. The minimum atomic E-state index is -0.166. The van der Waals surface area contributed by atoms with Gasteiger partial charge in [0.1, 0.15) is 5.69 Å². The molecule has 2 rings (SSSR count). The lowest BCUT2D eigenvalue weighted by Crippen LogP contribution is -2.19. The molecule has 0 amide bonds. The number of anilines is 1. The Morgan fingerprint density at radius 1 is 1.26 bits per heavy atom. The minimum Gasteiger partial charge on any atom is -0.393 e. The molecule has 102 valence electrons. The molecule has 0 unspecified atom stereocenters. The van der Waals surface area contributed by atoms with Gasteiger partial charge in [-0.25, -0.2) is 4.68 Å². The van der Waals surface area contributed by atoms with Gasteiger partial charge in [0.25, 0.3) is 5.56 Å². The molecule has 4 nitrogen and oxygen atoms in total. The quantitative estimate of drug-likeness (QED) is 0.870. The summed E-state index contributed by atoms with van der Waals surface area (Å²) < 4.78 is 1.58. The van der Waals surface area contributed by atoms with Crippen molar-refractivity contribution in [3.05, 3.63) is 51.4 Å². The van der Waals surface area contributed by atoms with E-state index in [1.54, 1.807) is 4.68 Å². The number of hydrogen-bond donors (Lipinski definition) is 2. The lowest BCUT2D eigenvalue weighted by atomic mass is 9.91. The monoisotopic (exact) mass is 259 g/mol. The fourth-order valence-electron chi connectivity index (χ4n) is 2.14. The minimum absolute atomic E-state index is 0.145. The molecular formula is C15H21N3O. The van der Waals surface area contributed by atoms with Gasteiger partial charge in [0.2, 0.25) is 0 Å². The summed E-state index contributed by atoms with van der Waals surface area (Å²) in [5, 5.41) is 3.14. The maximum Gasteiger partial charge on any atom is 0.290 e. The first-order chi connectivity index (χ1) is 8.80. The van der Waals surface area contributed by atoms with Gasteiger partial charge in [-0.05, 0) is 18.1 Å². The lowest BCUT2D eigenvalue weighted by Gasteiger charge is -2.16. The van der Waals surface area contributed by atoms with Crippen LogP contribution in [-0.4, -0.2) is 9.78 Å². The van der Waals surface area contributed by atoms with E-state index >= 15 is 0 Å². The van der Waals surface area contributed by atoms with E-state index in [2.05, 4.69) is 5.10 Å². The van der Waals surface area contributed by atoms with Crippen LogP contribution in [0.4, 0.5) is 5.69 Å². The van der Waals surface area contributed by atoms with E-state index in [0.29, 0.717) is 12.2 Å². The van der Waals surface area contributed by atoms with Gasteiger partial charge in [-0.3, -0.25) is 9.89 Å². The van der Waals surface area contributed by atoms with E-state index in [4.69, 9.17) is 5.73 Å². The number of nitrogens with one attached hydrogen (secondary N) is 1. The number of rotatable bonds is 2. The third-order valence-electron chi connectivity index (χ3n) is 3.33. The van der Waals surface area contributed by atoms with Crippen LogP contribution >= 0.6 is 0 Å². The van der Waals surface area contributed by atoms with Gasteiger partial charge in [0.05, 0.1) is 12.2 Å². The van der Waals surface area contributed by atoms with Crippen molar-refractivity contribution in [3.63, 3.8) is 0 Å². The first-order valence-corrected chi connectivity index (χ1v) is 6.44. The molecule has 2 aromatic rings. The second-order valence-electron chi connectivity index (χ2n) is 5.97. The molecule has 0 radical (unpaired) electrons. The van der Waals surface area contributed by atoms with Crippen molar-refractivity contribution in [2.24, 2.45) is 0 Å². The number of aryl methyl sites for hydroxylation is 1. The maximum atomic E-state index is 12.2. The number of H-pyrrole nitrogens is 1. The van der Waals surface area contributed by atoms with Crippen molar-refractivity contribution in [2.45, 2.75) is 39.7 Å². The summed E-state index contributed by atoms with van der Waals surface area (Å²) in [5.74, 6) is 0. The van der Waals surface area contributed by atoms with Crippen molar-refractivity contribution >= 4 is 5.69 Å². The summed E-state index contributed by atoms with van der Waals surface area (Å²) in [6, 6.07) is 8.03. The van der Waals surface area contributed by atoms with Crippen molar-refractivity contribution in [2.75, 3.05) is 5.73 Å². The Hall–Kier alpha value is -1.97. The molecular weight excluding hydrogens is 238 g/mol. The number of nitrogen functional groups attached to an aromatic ring is 1. The van der Waals surface area contributed by atoms with Crippen LogP contribution in [0.15, 0.2) is 29.1 Å². The van der Waals surface area contributed by atoms with E-state index in [9.17, 15) is 4.79 Å². The predicted molar refractivity (Wildman–Crippen MR) is 78.4 cm³/mol. The Kier molecular flexibility index (Phi) is 3.27. The second kappa shape index (κ2) is 4.61. The Labute approximate surface area is 113 Å². The third kappa shape index (κ3) is 2.57. The highest BCUT2D eigenvalue weighted by molar-refractivity contribution is 5.44. The van der Waals surface area contributed by atoms with Gasteiger partial charge in [-0.1, -0.05) is 45.0 Å². The van der Waals surface area contributed by atoms with Gasteiger partial charge < -0.3 is 5.73 Å². The molecule has 0 bridgehead atoms. The van der Waals surface area contributed by atoms with Gasteiger partial charge in [-0.15, -0.1) is 0 Å². The fraction of sp³-hybridized carbons (Fsp3) is 0.400. The Morgan fingerprint density at radius 3 is 2.42 bits per heavy atom. The van der Waals surface area contributed by atoms with E-state index in [1.807, 2.05) is 52.0 Å². The second-order valence-corrected chi connectivity index (χ2v) is 5.97. The first-order valence-electron chi connectivity index (χ1n) is 6.44. The van der Waals surface area contributed by atoms with Crippen LogP contribution in [0.5, 0.6) is 0 Å². The number of benzene rings is 1. The van der Waals surface area contributed by atoms with Crippen molar-refractivity contribution in [3.8, 4) is 0 Å². The summed E-state index contributed by atoms with van der Waals surface area (Å²) in [4.78, 5) is 12.2. The van der Waals surface area contributed by atoms with Crippen LogP contribution < -0.4 is 11.3 Å². The molecule has 19 heavy (non-hydrogen) atoms. The van der Waals surface area contributed by atoms with Gasteiger partial charge in [0.15, 0.2) is 0 Å². The molecule has 0 aliphatic carbocycles. The van der Waals surface area contributed by atoms with E-state index in [-0.39, 0.29) is 11.0 Å². The van der Waals surface area contributed by atoms with Crippen LogP contribution in [0.1, 0.15) is 37.6 Å². The van der Waals surface area contributed by atoms with E-state index in [0.717, 1.165) is 11.3 Å². The molecule has 1 heterocycles. The summed E-state index contributed by atoms with van der Waals surface area (Å²) in [6.45, 7) is 8.66. The largest absolute Gasteiger partial charge is 0.393 e. The molecule has 1 aromatic carbocycles.